The van der Waals surface area contributed by atoms with Crippen LogP contribution < -0.4 is 19.5 Å². The molecular weight excluding hydrogens is 867 g/mol. The molecule has 1 aromatic rings. The summed E-state index contributed by atoms with van der Waals surface area (Å²) in [5, 5.41) is 2.65. The van der Waals surface area contributed by atoms with Crippen LogP contribution in [0, 0.1) is 0 Å². The summed E-state index contributed by atoms with van der Waals surface area (Å²) in [4.78, 5) is 13.1. The van der Waals surface area contributed by atoms with Crippen LogP contribution in [0.2, 0.25) is 0 Å². The molecule has 1 aromatic carbocycles. The summed E-state index contributed by atoms with van der Waals surface area (Å²) >= 11 is 0. The maximum Gasteiger partial charge on any atom is 0.264 e. The molecule has 0 aliphatic carbocycles. The average Bonchev–Trinajstić information content (AvgIpc) is 3.17. The van der Waals surface area contributed by atoms with Gasteiger partial charge >= 0.3 is 0 Å². The topological polar surface area (TPSA) is 294 Å². The molecule has 22 nitrogen and oxygen atoms in total. The van der Waals surface area contributed by atoms with Gasteiger partial charge in [0.15, 0.2) is 11.5 Å². The summed E-state index contributed by atoms with van der Waals surface area (Å²) in [5.74, 6) is -2.89. The quantitative estimate of drug-likeness (QED) is 0.0524. The van der Waals surface area contributed by atoms with Gasteiger partial charge in [0, 0.05) is 18.7 Å². The number of rotatable bonds is 42. The third-order valence-corrected chi connectivity index (χ3v) is 9.58. The van der Waals surface area contributed by atoms with Gasteiger partial charge in [0.1, 0.15) is 0 Å². The minimum Gasteiger partial charge on any atom is -0.489 e. The van der Waals surface area contributed by atoms with Crippen molar-refractivity contribution in [1.82, 2.24) is 5.32 Å². The van der Waals surface area contributed by atoms with E-state index in [1.807, 2.05) is 0 Å². The third kappa shape index (κ3) is 34.1. The zero-order valence-electron chi connectivity index (χ0n) is 34.2. The zero-order chi connectivity index (χ0) is 44.4. The minimum absolute atomic E-state index is 0.0140. The Labute approximate surface area is 353 Å². The standard InChI is InChI=1S/C35H63NO21S3/c1-2-7-47-12-14-49-16-18-51-20-22-53-24-25-54-23-21-52-19-17-50-15-13-48-11-6-36-35(37)31-29-32(55-8-3-26-58(38,39)40)34(57-10-5-28-60(44,45)46)33(30-31)56-9-4-27-59(41,42)43/h29-30H,2-28H2,1H3,(H,36,37)(H,38,39,40)(H,41,42,43)(H,44,45,46). The number of amides is 1. The van der Waals surface area contributed by atoms with Gasteiger partial charge in [-0.1, -0.05) is 6.92 Å². The number of carbonyl (C=O) groups is 1. The molecule has 0 spiro atoms. The summed E-state index contributed by atoms with van der Waals surface area (Å²) in [5.41, 5.74) is -0.0140. The van der Waals surface area contributed by atoms with Gasteiger partial charge in [-0.15, -0.1) is 0 Å². The van der Waals surface area contributed by atoms with Crippen molar-refractivity contribution in [2.75, 3.05) is 149 Å². The van der Waals surface area contributed by atoms with E-state index in [0.717, 1.165) is 13.0 Å². The number of nitrogens with one attached hydrogen (secondary N) is 1. The predicted octanol–water partition coefficient (Wildman–Crippen LogP) is 0.929. The molecule has 0 atom stereocenters. The number of hydrogen-bond donors (Lipinski definition) is 4. The molecule has 60 heavy (non-hydrogen) atoms. The van der Waals surface area contributed by atoms with E-state index in [9.17, 15) is 30.0 Å². The van der Waals surface area contributed by atoms with Crippen molar-refractivity contribution < 1.29 is 95.8 Å². The van der Waals surface area contributed by atoms with Crippen molar-refractivity contribution in [1.29, 1.82) is 0 Å². The fraction of sp³-hybridized carbons (Fsp3) is 0.800. The van der Waals surface area contributed by atoms with E-state index in [4.69, 9.17) is 65.8 Å². The van der Waals surface area contributed by atoms with Gasteiger partial charge in [0.2, 0.25) is 5.75 Å². The van der Waals surface area contributed by atoms with E-state index in [1.54, 1.807) is 0 Å². The largest absolute Gasteiger partial charge is 0.489 e. The summed E-state index contributed by atoms with van der Waals surface area (Å²) in [6.45, 7) is 8.12. The maximum absolute atomic E-state index is 13.1. The average molecular weight is 930 g/mol. The lowest BCUT2D eigenvalue weighted by atomic mass is 10.1. The second-order valence-electron chi connectivity index (χ2n) is 12.4. The Kier molecular flexibility index (Phi) is 31.5. The second-order valence-corrected chi connectivity index (χ2v) is 17.1. The molecular formula is C35H63NO21S3. The van der Waals surface area contributed by atoms with Crippen molar-refractivity contribution in [3.8, 4) is 17.2 Å². The first kappa shape index (κ1) is 55.5. The lowest BCUT2D eigenvalue weighted by Crippen LogP contribution is -2.28. The number of hydrogen-bond acceptors (Lipinski definition) is 18. The van der Waals surface area contributed by atoms with Gasteiger partial charge in [-0.05, 0) is 37.8 Å². The van der Waals surface area contributed by atoms with Crippen LogP contribution in [-0.2, 0) is 68.2 Å². The van der Waals surface area contributed by atoms with Crippen LogP contribution in [0.15, 0.2) is 12.1 Å². The number of carbonyl (C=O) groups excluding carboxylic acids is 1. The summed E-state index contributed by atoms with van der Waals surface area (Å²) in [6.07, 6.45) is 0.506. The Hall–Kier alpha value is -2.50. The van der Waals surface area contributed by atoms with Crippen molar-refractivity contribution in [3.05, 3.63) is 17.7 Å². The van der Waals surface area contributed by atoms with Crippen LogP contribution in [0.4, 0.5) is 0 Å². The van der Waals surface area contributed by atoms with Gasteiger partial charge in [0.25, 0.3) is 36.3 Å². The highest BCUT2D eigenvalue weighted by Gasteiger charge is 2.20. The molecule has 0 saturated heterocycles. The van der Waals surface area contributed by atoms with Crippen molar-refractivity contribution in [2.45, 2.75) is 32.6 Å². The second kappa shape index (κ2) is 34.0. The van der Waals surface area contributed by atoms with Crippen LogP contribution in [0.1, 0.15) is 43.0 Å². The first-order valence-electron chi connectivity index (χ1n) is 19.4. The molecule has 0 heterocycles. The summed E-state index contributed by atoms with van der Waals surface area (Å²) < 4.78 is 155. The fourth-order valence-corrected chi connectivity index (χ4v) is 5.90. The molecule has 0 unspecified atom stereocenters. The Morgan fingerprint density at radius 2 is 0.767 bits per heavy atom. The lowest BCUT2D eigenvalue weighted by molar-refractivity contribution is -0.0230. The van der Waals surface area contributed by atoms with E-state index in [-0.39, 0.29) is 88.3 Å². The smallest absolute Gasteiger partial charge is 0.264 e. The molecule has 25 heteroatoms. The molecule has 0 aromatic heterocycles. The minimum atomic E-state index is -4.30. The molecule has 0 fully saturated rings. The maximum atomic E-state index is 13.1. The third-order valence-electron chi connectivity index (χ3n) is 7.17. The highest BCUT2D eigenvalue weighted by molar-refractivity contribution is 7.86. The van der Waals surface area contributed by atoms with Crippen molar-refractivity contribution >= 4 is 36.3 Å². The molecule has 1 rings (SSSR count). The van der Waals surface area contributed by atoms with Crippen LogP contribution in [0.3, 0.4) is 0 Å². The molecule has 0 bridgehead atoms. The van der Waals surface area contributed by atoms with Crippen LogP contribution in [0.5, 0.6) is 17.2 Å². The van der Waals surface area contributed by atoms with E-state index in [2.05, 4.69) is 12.2 Å². The molecule has 0 aliphatic heterocycles. The van der Waals surface area contributed by atoms with E-state index in [0.29, 0.717) is 79.3 Å². The monoisotopic (exact) mass is 929 g/mol. The van der Waals surface area contributed by atoms with E-state index in [1.165, 1.54) is 12.1 Å². The SMILES string of the molecule is CCCOCCOCCOCCOCCOCCOCCOCCOCCNC(=O)c1cc(OCCCS(=O)(=O)O)c(OCCCS(=O)(=O)O)c(OCCCS(=O)(=O)O)c1. The first-order chi connectivity index (χ1) is 28.6. The molecule has 0 saturated carbocycles. The molecule has 0 aliphatic rings. The number of ether oxygens (including phenoxy) is 11. The summed E-state index contributed by atoms with van der Waals surface area (Å²) in [6, 6.07) is 2.52. The molecule has 4 N–H and O–H groups in total. The fourth-order valence-electron chi connectivity index (χ4n) is 4.45. The Bertz CT molecular complexity index is 1540. The zero-order valence-corrected chi connectivity index (χ0v) is 36.6. The Morgan fingerprint density at radius 3 is 1.08 bits per heavy atom. The lowest BCUT2D eigenvalue weighted by Gasteiger charge is -2.19. The van der Waals surface area contributed by atoms with E-state index < -0.39 is 53.5 Å². The number of benzene rings is 1. The highest BCUT2D eigenvalue weighted by atomic mass is 32.2. The predicted molar refractivity (Wildman–Crippen MR) is 215 cm³/mol. The summed E-state index contributed by atoms with van der Waals surface area (Å²) in [7, 11) is -12.9. The highest BCUT2D eigenvalue weighted by Crippen LogP contribution is 2.39. The molecule has 1 amide bonds. The Balaban J connectivity index is 2.39. The Morgan fingerprint density at radius 1 is 0.467 bits per heavy atom. The van der Waals surface area contributed by atoms with Crippen LogP contribution in [0.25, 0.3) is 0 Å². The van der Waals surface area contributed by atoms with Crippen molar-refractivity contribution in [3.63, 3.8) is 0 Å². The first-order valence-corrected chi connectivity index (χ1v) is 24.3. The van der Waals surface area contributed by atoms with Gasteiger partial charge in [0.05, 0.1) is 136 Å². The van der Waals surface area contributed by atoms with E-state index >= 15 is 0 Å². The molecule has 0 radical (unpaired) electrons. The van der Waals surface area contributed by atoms with Crippen LogP contribution in [-0.4, -0.2) is 194 Å². The molecule has 352 valence electrons. The van der Waals surface area contributed by atoms with Crippen molar-refractivity contribution in [2.24, 2.45) is 0 Å². The normalized spacial score (nSPS) is 12.1. The van der Waals surface area contributed by atoms with Gasteiger partial charge in [-0.25, -0.2) is 0 Å². The van der Waals surface area contributed by atoms with Gasteiger partial charge in [-0.3, -0.25) is 18.5 Å². The van der Waals surface area contributed by atoms with Crippen LogP contribution >= 0.6 is 0 Å². The van der Waals surface area contributed by atoms with Gasteiger partial charge < -0.3 is 57.4 Å². The van der Waals surface area contributed by atoms with Gasteiger partial charge in [-0.2, -0.15) is 25.3 Å².